The van der Waals surface area contributed by atoms with Crippen molar-refractivity contribution in [2.45, 2.75) is 39.2 Å². The predicted molar refractivity (Wildman–Crippen MR) is 66.8 cm³/mol. The summed E-state index contributed by atoms with van der Waals surface area (Å²) in [5.74, 6) is 1.03. The van der Waals surface area contributed by atoms with E-state index in [-0.39, 0.29) is 0 Å². The van der Waals surface area contributed by atoms with E-state index in [9.17, 15) is 0 Å². The van der Waals surface area contributed by atoms with E-state index in [0.29, 0.717) is 6.04 Å². The largest absolute Gasteiger partial charge is 0.496 e. The van der Waals surface area contributed by atoms with Crippen molar-refractivity contribution < 1.29 is 4.74 Å². The first-order valence-electron chi connectivity index (χ1n) is 5.68. The predicted octanol–water partition coefficient (Wildman–Crippen LogP) is 3.60. The summed E-state index contributed by atoms with van der Waals surface area (Å²) in [5.41, 5.74) is 0. The van der Waals surface area contributed by atoms with Crippen LogP contribution in [0.3, 0.4) is 0 Å². The molecule has 0 aliphatic carbocycles. The fraction of sp³-hybridized carbons (Fsp3) is 0.667. The van der Waals surface area contributed by atoms with Gasteiger partial charge in [0.2, 0.25) is 0 Å². The Labute approximate surface area is 96.7 Å². The minimum Gasteiger partial charge on any atom is -0.496 e. The normalized spacial score (nSPS) is 12.7. The summed E-state index contributed by atoms with van der Waals surface area (Å²) in [6.45, 7) is 5.49. The second kappa shape index (κ2) is 6.85. The zero-order chi connectivity index (χ0) is 11.1. The molecule has 0 radical (unpaired) electrons. The van der Waals surface area contributed by atoms with Gasteiger partial charge in [0.15, 0.2) is 0 Å². The van der Waals surface area contributed by atoms with Crippen LogP contribution in [-0.4, -0.2) is 13.7 Å². The van der Waals surface area contributed by atoms with E-state index in [4.69, 9.17) is 4.74 Å². The third-order valence-electron chi connectivity index (χ3n) is 2.41. The molecule has 3 heteroatoms. The summed E-state index contributed by atoms with van der Waals surface area (Å²) in [6.07, 6.45) is 3.55. The van der Waals surface area contributed by atoms with Crippen molar-refractivity contribution in [3.63, 3.8) is 0 Å². The van der Waals surface area contributed by atoms with E-state index >= 15 is 0 Å². The van der Waals surface area contributed by atoms with E-state index in [1.54, 1.807) is 18.4 Å². The van der Waals surface area contributed by atoms with Gasteiger partial charge in [0.1, 0.15) is 5.75 Å². The summed E-state index contributed by atoms with van der Waals surface area (Å²) in [6, 6.07) is 2.51. The van der Waals surface area contributed by atoms with Crippen LogP contribution in [0.15, 0.2) is 11.4 Å². The van der Waals surface area contributed by atoms with Gasteiger partial charge in [-0.3, -0.25) is 0 Å². The number of hydrogen-bond acceptors (Lipinski definition) is 3. The van der Waals surface area contributed by atoms with Crippen LogP contribution in [0, 0.1) is 0 Å². The lowest BCUT2D eigenvalue weighted by atomic mass is 10.1. The number of methoxy groups -OCH3 is 1. The van der Waals surface area contributed by atoms with E-state index in [0.717, 1.165) is 12.3 Å². The number of hydrogen-bond donors (Lipinski definition) is 1. The van der Waals surface area contributed by atoms with Crippen LogP contribution in [0.4, 0.5) is 0 Å². The molecular weight excluding hydrogens is 206 g/mol. The first-order valence-corrected chi connectivity index (χ1v) is 6.56. The Balaban J connectivity index is 2.69. The lowest BCUT2D eigenvalue weighted by Gasteiger charge is -2.17. The monoisotopic (exact) mass is 227 g/mol. The second-order valence-corrected chi connectivity index (χ2v) is 4.60. The summed E-state index contributed by atoms with van der Waals surface area (Å²) in [5, 5.41) is 5.68. The van der Waals surface area contributed by atoms with Crippen LogP contribution in [-0.2, 0) is 0 Å². The quantitative estimate of drug-likeness (QED) is 0.768. The minimum atomic E-state index is 0.463. The van der Waals surface area contributed by atoms with Gasteiger partial charge in [0, 0.05) is 6.04 Å². The molecule has 0 bridgehead atoms. The Bertz CT molecular complexity index is 272. The molecule has 0 aliphatic rings. The summed E-state index contributed by atoms with van der Waals surface area (Å²) >= 11 is 1.79. The average Bonchev–Trinajstić information content (AvgIpc) is 2.72. The Morgan fingerprint density at radius 3 is 2.80 bits per heavy atom. The summed E-state index contributed by atoms with van der Waals surface area (Å²) in [4.78, 5) is 1.34. The highest BCUT2D eigenvalue weighted by atomic mass is 32.1. The van der Waals surface area contributed by atoms with Gasteiger partial charge < -0.3 is 10.1 Å². The van der Waals surface area contributed by atoms with Crippen LogP contribution in [0.5, 0.6) is 5.75 Å². The Morgan fingerprint density at radius 2 is 2.20 bits per heavy atom. The molecule has 0 saturated heterocycles. The molecule has 2 nitrogen and oxygen atoms in total. The van der Waals surface area contributed by atoms with Gasteiger partial charge in [0.05, 0.1) is 12.0 Å². The standard InChI is InChI=1S/C12H21NOS/c1-4-6-10(13-8-5-2)12-11(14-3)7-9-15-12/h7,9-10,13H,4-6,8H2,1-3H3. The van der Waals surface area contributed by atoms with Crippen molar-refractivity contribution in [1.82, 2.24) is 5.32 Å². The molecule has 0 amide bonds. The van der Waals surface area contributed by atoms with Crippen molar-refractivity contribution >= 4 is 11.3 Å². The van der Waals surface area contributed by atoms with Crippen LogP contribution in [0.2, 0.25) is 0 Å². The van der Waals surface area contributed by atoms with Crippen molar-refractivity contribution in [3.05, 3.63) is 16.3 Å². The Hall–Kier alpha value is -0.540. The van der Waals surface area contributed by atoms with Gasteiger partial charge >= 0.3 is 0 Å². The zero-order valence-electron chi connectivity index (χ0n) is 9.88. The number of thiophene rings is 1. The fourth-order valence-electron chi connectivity index (χ4n) is 1.66. The number of rotatable bonds is 7. The lowest BCUT2D eigenvalue weighted by Crippen LogP contribution is -2.21. The molecule has 0 aromatic carbocycles. The SMILES string of the molecule is CCCNC(CCC)c1sccc1OC. The van der Waals surface area contributed by atoms with E-state index in [2.05, 4.69) is 30.6 Å². The molecule has 0 aliphatic heterocycles. The molecule has 1 rings (SSSR count). The molecule has 1 atom stereocenters. The second-order valence-electron chi connectivity index (χ2n) is 3.65. The highest BCUT2D eigenvalue weighted by Crippen LogP contribution is 2.33. The molecule has 0 fully saturated rings. The Kier molecular flexibility index (Phi) is 5.73. The molecule has 1 aromatic heterocycles. The molecule has 86 valence electrons. The molecule has 1 N–H and O–H groups in total. The van der Waals surface area contributed by atoms with Crippen LogP contribution >= 0.6 is 11.3 Å². The van der Waals surface area contributed by atoms with E-state index in [1.165, 1.54) is 24.1 Å². The van der Waals surface area contributed by atoms with Gasteiger partial charge in [-0.05, 0) is 30.8 Å². The van der Waals surface area contributed by atoms with Gasteiger partial charge in [-0.25, -0.2) is 0 Å². The molecule has 1 heterocycles. The molecule has 0 spiro atoms. The molecule has 1 aromatic rings. The molecule has 15 heavy (non-hydrogen) atoms. The van der Waals surface area contributed by atoms with E-state index < -0.39 is 0 Å². The van der Waals surface area contributed by atoms with E-state index in [1.807, 2.05) is 0 Å². The summed E-state index contributed by atoms with van der Waals surface area (Å²) in [7, 11) is 1.74. The smallest absolute Gasteiger partial charge is 0.134 e. The third-order valence-corrected chi connectivity index (χ3v) is 3.42. The van der Waals surface area contributed by atoms with Crippen LogP contribution in [0.25, 0.3) is 0 Å². The topological polar surface area (TPSA) is 21.3 Å². The van der Waals surface area contributed by atoms with Crippen molar-refractivity contribution in [2.24, 2.45) is 0 Å². The van der Waals surface area contributed by atoms with Gasteiger partial charge in [-0.1, -0.05) is 20.3 Å². The maximum absolute atomic E-state index is 5.36. The van der Waals surface area contributed by atoms with Crippen molar-refractivity contribution in [3.8, 4) is 5.75 Å². The third kappa shape index (κ3) is 3.50. The highest BCUT2D eigenvalue weighted by Gasteiger charge is 2.15. The zero-order valence-corrected chi connectivity index (χ0v) is 10.7. The maximum Gasteiger partial charge on any atom is 0.134 e. The number of ether oxygens (including phenoxy) is 1. The highest BCUT2D eigenvalue weighted by molar-refractivity contribution is 7.10. The molecule has 1 unspecified atom stereocenters. The fourth-order valence-corrected chi connectivity index (χ4v) is 2.64. The van der Waals surface area contributed by atoms with Gasteiger partial charge in [0.25, 0.3) is 0 Å². The summed E-state index contributed by atoms with van der Waals surface area (Å²) < 4.78 is 5.36. The van der Waals surface area contributed by atoms with Crippen molar-refractivity contribution in [2.75, 3.05) is 13.7 Å². The van der Waals surface area contributed by atoms with Crippen molar-refractivity contribution in [1.29, 1.82) is 0 Å². The minimum absolute atomic E-state index is 0.463. The lowest BCUT2D eigenvalue weighted by molar-refractivity contribution is 0.399. The van der Waals surface area contributed by atoms with Gasteiger partial charge in [-0.2, -0.15) is 0 Å². The first-order chi connectivity index (χ1) is 7.33. The van der Waals surface area contributed by atoms with Gasteiger partial charge in [-0.15, -0.1) is 11.3 Å². The van der Waals surface area contributed by atoms with Crippen LogP contribution < -0.4 is 10.1 Å². The van der Waals surface area contributed by atoms with Crippen LogP contribution in [0.1, 0.15) is 44.0 Å². The molecular formula is C12H21NOS. The average molecular weight is 227 g/mol. The first kappa shape index (κ1) is 12.5. The maximum atomic E-state index is 5.36. The number of nitrogens with one attached hydrogen (secondary N) is 1. The Morgan fingerprint density at radius 1 is 1.40 bits per heavy atom. The molecule has 0 saturated carbocycles.